The number of halogens is 1. The van der Waals surface area contributed by atoms with Crippen LogP contribution in [0.5, 0.6) is 0 Å². The van der Waals surface area contributed by atoms with E-state index < -0.39 is 0 Å². The van der Waals surface area contributed by atoms with Crippen LogP contribution in [0.2, 0.25) is 0 Å². The van der Waals surface area contributed by atoms with Gasteiger partial charge >= 0.3 is 0 Å². The van der Waals surface area contributed by atoms with Gasteiger partial charge in [0.05, 0.1) is 0 Å². The van der Waals surface area contributed by atoms with Crippen molar-refractivity contribution in [3.8, 4) is 0 Å². The van der Waals surface area contributed by atoms with Gasteiger partial charge in [0.1, 0.15) is 0 Å². The molecule has 0 aromatic carbocycles. The molecule has 0 nitrogen and oxygen atoms in total. The van der Waals surface area contributed by atoms with E-state index in [9.17, 15) is 0 Å². The Kier molecular flexibility index (Phi) is 3230. The van der Waals surface area contributed by atoms with Crippen molar-refractivity contribution in [2.24, 2.45) is 0 Å². The zero-order valence-corrected chi connectivity index (χ0v) is 5.60. The Hall–Kier alpha value is 1.26. The van der Waals surface area contributed by atoms with E-state index in [1.54, 1.807) is 0 Å². The molecule has 0 fully saturated rings. The van der Waals surface area contributed by atoms with E-state index in [0.29, 0.717) is 0 Å². The Balaban J connectivity index is 0. The van der Waals surface area contributed by atoms with Gasteiger partial charge < -0.3 is 0 Å². The maximum absolute atomic E-state index is 0. The summed E-state index contributed by atoms with van der Waals surface area (Å²) in [6.45, 7) is 0. The van der Waals surface area contributed by atoms with Gasteiger partial charge in [-0.2, -0.15) is 0 Å². The van der Waals surface area contributed by atoms with Gasteiger partial charge in [0.2, 0.25) is 0 Å². The standard InChI is InChI=1S/4B.ClH.Ti/h;;;;1H;. The van der Waals surface area contributed by atoms with Crippen LogP contribution in [0.3, 0.4) is 0 Å². The van der Waals surface area contributed by atoms with Crippen molar-refractivity contribution in [2.45, 2.75) is 0 Å². The summed E-state index contributed by atoms with van der Waals surface area (Å²) in [5.41, 5.74) is 0. The molecule has 0 spiro atoms. The molecule has 0 N–H and O–H groups in total. The number of rotatable bonds is 0. The molecule has 6 heteroatoms. The molecule has 0 aliphatic heterocycles. The van der Waals surface area contributed by atoms with E-state index in [2.05, 4.69) is 0 Å². The average Bonchev–Trinajstić information content (AvgIpc) is 0. The molecule has 0 atom stereocenters. The maximum atomic E-state index is 0. The van der Waals surface area contributed by atoms with Crippen LogP contribution in [-0.2, 0) is 21.7 Å². The Morgan fingerprint density at radius 1 is 0.500 bits per heavy atom. The van der Waals surface area contributed by atoms with Crippen LogP contribution in [-0.4, -0.2) is 33.7 Å². The summed E-state index contributed by atoms with van der Waals surface area (Å²) < 4.78 is 0. The van der Waals surface area contributed by atoms with Crippen LogP contribution >= 0.6 is 12.4 Å². The van der Waals surface area contributed by atoms with Gasteiger partial charge in [0.15, 0.2) is 0 Å². The topological polar surface area (TPSA) is 0 Å². The van der Waals surface area contributed by atoms with Crippen LogP contribution in [0.25, 0.3) is 0 Å². The third kappa shape index (κ3) is 59.9. The molecule has 0 bridgehead atoms. The largest absolute Gasteiger partial charge is 0.147 e. The number of hydrogen-bond donors (Lipinski definition) is 0. The molecule has 0 aliphatic rings. The van der Waals surface area contributed by atoms with E-state index >= 15 is 0 Å². The molecule has 0 aromatic rings. The number of hydrogen-bond acceptors (Lipinski definition) is 0. The Bertz CT molecular complexity index is 7.51. The van der Waals surface area contributed by atoms with Gasteiger partial charge in [-0.3, -0.25) is 0 Å². The normalized spacial score (nSPS) is 0. The molecule has 0 aromatic heterocycles. The van der Waals surface area contributed by atoms with Crippen molar-refractivity contribution < 1.29 is 21.7 Å². The van der Waals surface area contributed by atoms with Gasteiger partial charge in [-0.15, -0.1) is 12.4 Å². The first-order valence-corrected chi connectivity index (χ1v) is 0. The van der Waals surface area contributed by atoms with Crippen molar-refractivity contribution >= 4 is 46.1 Å². The second kappa shape index (κ2) is 109. The SMILES string of the molecule is Cl.[B].[B].[B].[B].[Ti]. The van der Waals surface area contributed by atoms with Gasteiger partial charge in [-0.05, 0) is 0 Å². The maximum Gasteiger partial charge on any atom is 0 e. The van der Waals surface area contributed by atoms with E-state index in [1.807, 2.05) is 0 Å². The van der Waals surface area contributed by atoms with Gasteiger partial charge in [0, 0.05) is 55.4 Å². The van der Waals surface area contributed by atoms with Crippen LogP contribution in [0, 0.1) is 0 Å². The van der Waals surface area contributed by atoms with Crippen molar-refractivity contribution in [1.82, 2.24) is 0 Å². The van der Waals surface area contributed by atoms with E-state index in [0.717, 1.165) is 0 Å². The smallest absolute Gasteiger partial charge is 0 e. The van der Waals surface area contributed by atoms with Crippen molar-refractivity contribution in [1.29, 1.82) is 0 Å². The summed E-state index contributed by atoms with van der Waals surface area (Å²) in [5.74, 6) is 0. The van der Waals surface area contributed by atoms with Crippen LogP contribution in [0.15, 0.2) is 0 Å². The minimum atomic E-state index is 0. The van der Waals surface area contributed by atoms with Crippen LogP contribution in [0.4, 0.5) is 0 Å². The quantitative estimate of drug-likeness (QED) is 0.363. The molecule has 0 aliphatic carbocycles. The van der Waals surface area contributed by atoms with Gasteiger partial charge in [-0.1, -0.05) is 0 Å². The first-order chi connectivity index (χ1) is 0. The molecule has 0 rings (SSSR count). The van der Waals surface area contributed by atoms with E-state index in [-0.39, 0.29) is 67.8 Å². The minimum absolute atomic E-state index is 0. The molecule has 0 saturated heterocycles. The third-order valence-corrected chi connectivity index (χ3v) is 0. The Morgan fingerprint density at radius 3 is 0.500 bits per heavy atom. The summed E-state index contributed by atoms with van der Waals surface area (Å²) in [5, 5.41) is 0. The van der Waals surface area contributed by atoms with Gasteiger partial charge in [0.25, 0.3) is 0 Å². The third-order valence-electron chi connectivity index (χ3n) is 0. The minimum Gasteiger partial charge on any atom is -0.147 e. The predicted molar refractivity (Wildman–Crippen MR) is 30.3 cm³/mol. The first-order valence-electron chi connectivity index (χ1n) is 0. The zero-order valence-electron chi connectivity index (χ0n) is 3.22. The van der Waals surface area contributed by atoms with E-state index in [4.69, 9.17) is 0 Å². The Morgan fingerprint density at radius 2 is 0.500 bits per heavy atom. The molecule has 0 unspecified atom stereocenters. The van der Waals surface area contributed by atoms with Crippen LogP contribution < -0.4 is 0 Å². The fourth-order valence-corrected chi connectivity index (χ4v) is 0. The van der Waals surface area contributed by atoms with Crippen molar-refractivity contribution in [3.63, 3.8) is 0 Å². The summed E-state index contributed by atoms with van der Waals surface area (Å²) in [7, 11) is 0. The first kappa shape index (κ1) is 178. The second-order valence-corrected chi connectivity index (χ2v) is 0. The second-order valence-electron chi connectivity index (χ2n) is 0. The molecule has 0 amide bonds. The molecule has 6 heavy (non-hydrogen) atoms. The average molecular weight is 128 g/mol. The fourth-order valence-electron chi connectivity index (χ4n) is 0. The van der Waals surface area contributed by atoms with Crippen molar-refractivity contribution in [3.05, 3.63) is 0 Å². The molecule has 12 radical (unpaired) electrons. The molecule has 24 valence electrons. The molecular weight excluding hydrogens is 127 g/mol. The summed E-state index contributed by atoms with van der Waals surface area (Å²) in [6.07, 6.45) is 0. The zero-order chi connectivity index (χ0) is 0. The molecule has 0 heterocycles. The van der Waals surface area contributed by atoms with Crippen LogP contribution in [0.1, 0.15) is 0 Å². The van der Waals surface area contributed by atoms with Crippen molar-refractivity contribution in [2.75, 3.05) is 0 Å². The van der Waals surface area contributed by atoms with E-state index in [1.165, 1.54) is 0 Å². The Labute approximate surface area is 67.8 Å². The summed E-state index contributed by atoms with van der Waals surface area (Å²) in [6, 6.07) is 0. The van der Waals surface area contributed by atoms with Gasteiger partial charge in [-0.25, -0.2) is 0 Å². The molecule has 0 saturated carbocycles. The summed E-state index contributed by atoms with van der Waals surface area (Å²) >= 11 is 0. The monoisotopic (exact) mass is 128 g/mol. The predicted octanol–water partition coefficient (Wildman–Crippen LogP) is -1.10. The molecular formula is HB4ClTi. The fraction of sp³-hybridized carbons (Fsp3) is 0. The summed E-state index contributed by atoms with van der Waals surface area (Å²) in [4.78, 5) is 0.